The average molecular weight is 295 g/mol. The molecule has 1 aromatic carbocycles. The third-order valence-electron chi connectivity index (χ3n) is 3.08. The molecule has 4 nitrogen and oxygen atoms in total. The van der Waals surface area contributed by atoms with E-state index < -0.39 is 11.6 Å². The zero-order valence-corrected chi connectivity index (χ0v) is 12.1. The molecule has 21 heavy (non-hydrogen) atoms. The van der Waals surface area contributed by atoms with Crippen LogP contribution in [0.4, 0.5) is 8.78 Å². The van der Waals surface area contributed by atoms with Crippen molar-refractivity contribution in [2.45, 2.75) is 39.2 Å². The Kier molecular flexibility index (Phi) is 5.01. The molecule has 0 fully saturated rings. The topological polar surface area (TPSA) is 64.9 Å². The van der Waals surface area contributed by atoms with Crippen LogP contribution in [0.1, 0.15) is 37.5 Å². The molecule has 1 unspecified atom stereocenters. The predicted octanol–water partition coefficient (Wildman–Crippen LogP) is 2.85. The quantitative estimate of drug-likeness (QED) is 0.890. The highest BCUT2D eigenvalue weighted by Gasteiger charge is 2.14. The first kappa shape index (κ1) is 15.6. The van der Waals surface area contributed by atoms with Crippen LogP contribution < -0.4 is 5.73 Å². The second kappa shape index (κ2) is 6.76. The summed E-state index contributed by atoms with van der Waals surface area (Å²) in [5, 5.41) is 3.81. The third kappa shape index (κ3) is 4.60. The summed E-state index contributed by atoms with van der Waals surface area (Å²) < 4.78 is 31.5. The molecule has 2 rings (SSSR count). The van der Waals surface area contributed by atoms with Gasteiger partial charge in [0.15, 0.2) is 5.82 Å². The summed E-state index contributed by atoms with van der Waals surface area (Å²) >= 11 is 0. The number of rotatable bonds is 6. The lowest BCUT2D eigenvalue weighted by atomic mass is 10.0. The van der Waals surface area contributed by atoms with E-state index in [0.29, 0.717) is 29.6 Å². The van der Waals surface area contributed by atoms with Gasteiger partial charge in [-0.15, -0.1) is 0 Å². The van der Waals surface area contributed by atoms with Crippen LogP contribution >= 0.6 is 0 Å². The molecule has 0 saturated heterocycles. The number of hydrogen-bond acceptors (Lipinski definition) is 4. The summed E-state index contributed by atoms with van der Waals surface area (Å²) in [5.74, 6) is 0.0891. The third-order valence-corrected chi connectivity index (χ3v) is 3.08. The van der Waals surface area contributed by atoms with Gasteiger partial charge in [0, 0.05) is 24.9 Å². The van der Waals surface area contributed by atoms with Gasteiger partial charge in [0.2, 0.25) is 5.89 Å². The molecule has 6 heteroatoms. The van der Waals surface area contributed by atoms with Gasteiger partial charge in [-0.1, -0.05) is 25.1 Å². The van der Waals surface area contributed by atoms with E-state index in [2.05, 4.69) is 24.0 Å². The van der Waals surface area contributed by atoms with Gasteiger partial charge in [-0.3, -0.25) is 0 Å². The monoisotopic (exact) mass is 295 g/mol. The smallest absolute Gasteiger partial charge is 0.228 e. The molecule has 0 aliphatic heterocycles. The van der Waals surface area contributed by atoms with Gasteiger partial charge in [-0.2, -0.15) is 4.98 Å². The maximum atomic E-state index is 13.6. The molecule has 1 atom stereocenters. The average Bonchev–Trinajstić information content (AvgIpc) is 2.79. The lowest BCUT2D eigenvalue weighted by Crippen LogP contribution is -2.24. The first-order valence-corrected chi connectivity index (χ1v) is 6.95. The van der Waals surface area contributed by atoms with Crippen molar-refractivity contribution in [2.75, 3.05) is 0 Å². The standard InChI is InChI=1S/C15H19F2N3O/c1-9(2)5-12(18)8-15-19-14(20-21-15)6-10-3-4-11(16)7-13(10)17/h3-4,7,9,12H,5-6,8,18H2,1-2H3. The Bertz CT molecular complexity index is 598. The zero-order valence-electron chi connectivity index (χ0n) is 12.1. The van der Waals surface area contributed by atoms with E-state index in [0.717, 1.165) is 12.5 Å². The molecule has 2 N–H and O–H groups in total. The number of halogens is 2. The first-order chi connectivity index (χ1) is 9.94. The Morgan fingerprint density at radius 2 is 2.05 bits per heavy atom. The SMILES string of the molecule is CC(C)CC(N)Cc1nc(Cc2ccc(F)cc2F)no1. The van der Waals surface area contributed by atoms with Gasteiger partial charge in [0.25, 0.3) is 0 Å². The normalized spacial score (nSPS) is 12.9. The molecular formula is C15H19F2N3O. The Hall–Kier alpha value is -1.82. The fourth-order valence-corrected chi connectivity index (χ4v) is 2.19. The Morgan fingerprint density at radius 3 is 2.71 bits per heavy atom. The van der Waals surface area contributed by atoms with Crippen molar-refractivity contribution in [2.24, 2.45) is 11.7 Å². The molecule has 0 amide bonds. The van der Waals surface area contributed by atoms with E-state index in [1.54, 1.807) is 0 Å². The molecule has 0 spiro atoms. The van der Waals surface area contributed by atoms with Crippen molar-refractivity contribution in [1.29, 1.82) is 0 Å². The highest BCUT2D eigenvalue weighted by molar-refractivity contribution is 5.21. The number of benzene rings is 1. The van der Waals surface area contributed by atoms with Crippen molar-refractivity contribution in [3.8, 4) is 0 Å². The van der Waals surface area contributed by atoms with Gasteiger partial charge < -0.3 is 10.3 Å². The van der Waals surface area contributed by atoms with Gasteiger partial charge in [-0.05, 0) is 24.0 Å². The molecule has 0 bridgehead atoms. The van der Waals surface area contributed by atoms with Crippen molar-refractivity contribution < 1.29 is 13.3 Å². The molecule has 2 aromatic rings. The molecule has 0 aliphatic rings. The van der Waals surface area contributed by atoms with E-state index >= 15 is 0 Å². The van der Waals surface area contributed by atoms with Crippen molar-refractivity contribution in [3.63, 3.8) is 0 Å². The summed E-state index contributed by atoms with van der Waals surface area (Å²) in [4.78, 5) is 4.20. The second-order valence-electron chi connectivity index (χ2n) is 5.61. The number of nitrogens with zero attached hydrogens (tertiary/aromatic N) is 2. The highest BCUT2D eigenvalue weighted by Crippen LogP contribution is 2.14. The first-order valence-electron chi connectivity index (χ1n) is 6.95. The van der Waals surface area contributed by atoms with Gasteiger partial charge in [0.1, 0.15) is 11.6 Å². The summed E-state index contributed by atoms with van der Waals surface area (Å²) in [6.45, 7) is 4.19. The maximum absolute atomic E-state index is 13.6. The van der Waals surface area contributed by atoms with Crippen LogP contribution in [-0.4, -0.2) is 16.2 Å². The predicted molar refractivity (Wildman–Crippen MR) is 74.6 cm³/mol. The summed E-state index contributed by atoms with van der Waals surface area (Å²) in [5.41, 5.74) is 6.31. The van der Waals surface area contributed by atoms with Crippen molar-refractivity contribution >= 4 is 0 Å². The van der Waals surface area contributed by atoms with Crippen LogP contribution in [0.15, 0.2) is 22.7 Å². The minimum Gasteiger partial charge on any atom is -0.339 e. The summed E-state index contributed by atoms with van der Waals surface area (Å²) in [7, 11) is 0. The molecule has 1 aromatic heterocycles. The zero-order chi connectivity index (χ0) is 15.4. The Balaban J connectivity index is 1.99. The lowest BCUT2D eigenvalue weighted by Gasteiger charge is -2.10. The van der Waals surface area contributed by atoms with Gasteiger partial charge >= 0.3 is 0 Å². The van der Waals surface area contributed by atoms with Gasteiger partial charge in [-0.25, -0.2) is 8.78 Å². The minimum atomic E-state index is -0.613. The van der Waals surface area contributed by atoms with Gasteiger partial charge in [0.05, 0.1) is 0 Å². The van der Waals surface area contributed by atoms with E-state index in [1.807, 2.05) is 0 Å². The Labute approximate surface area is 122 Å². The van der Waals surface area contributed by atoms with E-state index in [9.17, 15) is 8.78 Å². The minimum absolute atomic E-state index is 0.0409. The molecule has 114 valence electrons. The number of hydrogen-bond donors (Lipinski definition) is 1. The fraction of sp³-hybridized carbons (Fsp3) is 0.467. The summed E-state index contributed by atoms with van der Waals surface area (Å²) in [6.07, 6.45) is 1.52. The fourth-order valence-electron chi connectivity index (χ4n) is 2.19. The van der Waals surface area contributed by atoms with Crippen LogP contribution in [0, 0.1) is 17.6 Å². The van der Waals surface area contributed by atoms with Crippen LogP contribution in [0.3, 0.4) is 0 Å². The van der Waals surface area contributed by atoms with Crippen LogP contribution in [-0.2, 0) is 12.8 Å². The van der Waals surface area contributed by atoms with Crippen LogP contribution in [0.2, 0.25) is 0 Å². The van der Waals surface area contributed by atoms with Crippen LogP contribution in [0.25, 0.3) is 0 Å². The molecule has 0 radical (unpaired) electrons. The van der Waals surface area contributed by atoms with E-state index in [-0.39, 0.29) is 12.5 Å². The molecular weight excluding hydrogens is 276 g/mol. The van der Waals surface area contributed by atoms with E-state index in [1.165, 1.54) is 12.1 Å². The van der Waals surface area contributed by atoms with Crippen LogP contribution in [0.5, 0.6) is 0 Å². The number of aromatic nitrogens is 2. The van der Waals surface area contributed by atoms with E-state index in [4.69, 9.17) is 10.3 Å². The van der Waals surface area contributed by atoms with Crippen molar-refractivity contribution in [3.05, 3.63) is 47.1 Å². The highest BCUT2D eigenvalue weighted by atomic mass is 19.1. The number of nitrogens with two attached hydrogens (primary N) is 1. The summed E-state index contributed by atoms with van der Waals surface area (Å²) in [6, 6.07) is 3.39. The lowest BCUT2D eigenvalue weighted by molar-refractivity contribution is 0.355. The molecule has 0 aliphatic carbocycles. The second-order valence-corrected chi connectivity index (χ2v) is 5.61. The maximum Gasteiger partial charge on any atom is 0.228 e. The van der Waals surface area contributed by atoms with Crippen molar-refractivity contribution in [1.82, 2.24) is 10.1 Å². The molecule has 1 heterocycles. The Morgan fingerprint density at radius 1 is 1.29 bits per heavy atom. The molecule has 0 saturated carbocycles. The largest absolute Gasteiger partial charge is 0.339 e.